The number of pyridine rings is 1. The lowest BCUT2D eigenvalue weighted by Gasteiger charge is -2.10. The molecule has 0 bridgehead atoms. The molecule has 0 aliphatic rings. The molecular formula is C32H19N3O. The molecule has 8 aromatic rings. The normalized spacial score (nSPS) is 12.0. The van der Waals surface area contributed by atoms with E-state index in [0.717, 1.165) is 54.9 Å². The first-order chi connectivity index (χ1) is 17.8. The molecule has 0 radical (unpaired) electrons. The van der Waals surface area contributed by atoms with Crippen molar-refractivity contribution in [3.05, 3.63) is 126 Å². The van der Waals surface area contributed by atoms with Crippen LogP contribution in [0.1, 0.15) is 0 Å². The van der Waals surface area contributed by atoms with E-state index in [4.69, 9.17) is 4.98 Å². The maximum absolute atomic E-state index is 13.9. The summed E-state index contributed by atoms with van der Waals surface area (Å²) in [6.07, 6.45) is 0. The Morgan fingerprint density at radius 3 is 2.00 bits per heavy atom. The molecule has 5 aromatic carbocycles. The van der Waals surface area contributed by atoms with Gasteiger partial charge in [0.1, 0.15) is 5.82 Å². The molecule has 0 saturated carbocycles. The van der Waals surface area contributed by atoms with Crippen LogP contribution < -0.4 is 5.56 Å². The van der Waals surface area contributed by atoms with Crippen molar-refractivity contribution in [2.24, 2.45) is 0 Å². The first kappa shape index (κ1) is 19.4. The molecule has 0 saturated heterocycles. The van der Waals surface area contributed by atoms with E-state index >= 15 is 0 Å². The van der Waals surface area contributed by atoms with Gasteiger partial charge < -0.3 is 4.57 Å². The molecule has 0 N–H and O–H groups in total. The lowest BCUT2D eigenvalue weighted by Crippen LogP contribution is -2.14. The Hall–Kier alpha value is -4.96. The summed E-state index contributed by atoms with van der Waals surface area (Å²) in [7, 11) is 0. The lowest BCUT2D eigenvalue weighted by atomic mass is 10.0. The fourth-order valence-electron chi connectivity index (χ4n) is 5.79. The Morgan fingerprint density at radius 2 is 1.22 bits per heavy atom. The number of rotatable bonds is 2. The van der Waals surface area contributed by atoms with Crippen LogP contribution in [0.2, 0.25) is 0 Å². The fraction of sp³-hybridized carbons (Fsp3) is 0. The SMILES string of the molecule is O=c1c2ccccc2c2c3c4ccccc4n(-c4ccccc4)c3cc3nc(-c4ccccc4)n1c32. The third-order valence-electron chi connectivity index (χ3n) is 7.25. The van der Waals surface area contributed by atoms with E-state index in [1.165, 1.54) is 0 Å². The van der Waals surface area contributed by atoms with Crippen LogP contribution in [0, 0.1) is 0 Å². The van der Waals surface area contributed by atoms with Gasteiger partial charge in [0.2, 0.25) is 0 Å². The standard InChI is InChI=1S/C32H19N3O/c36-32-23-16-8-7-15-22(23)29-28-24-17-9-10-18-26(24)34(21-13-5-2-6-14-21)27(28)19-25-30(29)35(32)31(33-25)20-11-3-1-4-12-20/h1-19H. The van der Waals surface area contributed by atoms with Crippen molar-refractivity contribution < 1.29 is 0 Å². The zero-order valence-electron chi connectivity index (χ0n) is 19.2. The predicted octanol–water partition coefficient (Wildman–Crippen LogP) is 7.20. The Kier molecular flexibility index (Phi) is 3.78. The van der Waals surface area contributed by atoms with Crippen LogP contribution in [0.4, 0.5) is 0 Å². The van der Waals surface area contributed by atoms with Crippen molar-refractivity contribution in [3.8, 4) is 17.1 Å². The number of aromatic nitrogens is 3. The molecule has 0 fully saturated rings. The van der Waals surface area contributed by atoms with Gasteiger partial charge >= 0.3 is 0 Å². The molecule has 8 rings (SSSR count). The van der Waals surface area contributed by atoms with Gasteiger partial charge in [0.25, 0.3) is 5.56 Å². The van der Waals surface area contributed by atoms with Crippen LogP contribution in [0.15, 0.2) is 120 Å². The third kappa shape index (κ3) is 2.42. The molecule has 0 amide bonds. The van der Waals surface area contributed by atoms with Gasteiger partial charge in [0.05, 0.1) is 22.1 Å². The smallest absolute Gasteiger partial charge is 0.264 e. The topological polar surface area (TPSA) is 39.3 Å². The molecule has 0 aliphatic carbocycles. The minimum Gasteiger partial charge on any atom is -0.309 e. The summed E-state index contributed by atoms with van der Waals surface area (Å²) in [6, 6.07) is 39.0. The molecule has 168 valence electrons. The van der Waals surface area contributed by atoms with E-state index in [1.807, 2.05) is 59.0 Å². The van der Waals surface area contributed by atoms with Crippen LogP contribution in [0.25, 0.3) is 66.1 Å². The number of nitrogens with zero attached hydrogens (tertiary/aromatic N) is 3. The second kappa shape index (κ2) is 7.03. The Labute approximate surface area is 205 Å². The van der Waals surface area contributed by atoms with E-state index in [2.05, 4.69) is 65.2 Å². The largest absolute Gasteiger partial charge is 0.309 e. The second-order valence-electron chi connectivity index (χ2n) is 9.19. The van der Waals surface area contributed by atoms with Gasteiger partial charge in [0, 0.05) is 32.8 Å². The third-order valence-corrected chi connectivity index (χ3v) is 7.25. The summed E-state index contributed by atoms with van der Waals surface area (Å²) >= 11 is 0. The van der Waals surface area contributed by atoms with Gasteiger partial charge in [0.15, 0.2) is 0 Å². The van der Waals surface area contributed by atoms with Crippen LogP contribution >= 0.6 is 0 Å². The molecule has 3 heterocycles. The summed E-state index contributed by atoms with van der Waals surface area (Å²) in [4.78, 5) is 19.0. The minimum absolute atomic E-state index is 0.0365. The van der Waals surface area contributed by atoms with E-state index in [1.54, 1.807) is 0 Å². The van der Waals surface area contributed by atoms with Crippen LogP contribution in [-0.4, -0.2) is 14.0 Å². The summed E-state index contributed by atoms with van der Waals surface area (Å²) in [6.45, 7) is 0. The van der Waals surface area contributed by atoms with Crippen LogP contribution in [-0.2, 0) is 0 Å². The van der Waals surface area contributed by atoms with Gasteiger partial charge in [-0.2, -0.15) is 0 Å². The van der Waals surface area contributed by atoms with E-state index in [-0.39, 0.29) is 5.56 Å². The minimum atomic E-state index is -0.0365. The van der Waals surface area contributed by atoms with E-state index in [0.29, 0.717) is 11.2 Å². The highest BCUT2D eigenvalue weighted by molar-refractivity contribution is 6.30. The highest BCUT2D eigenvalue weighted by Gasteiger charge is 2.24. The number of para-hydroxylation sites is 2. The quantitative estimate of drug-likeness (QED) is 0.255. The predicted molar refractivity (Wildman–Crippen MR) is 147 cm³/mol. The monoisotopic (exact) mass is 461 g/mol. The number of imidazole rings is 1. The van der Waals surface area contributed by atoms with Crippen molar-refractivity contribution in [3.63, 3.8) is 0 Å². The average Bonchev–Trinajstić information content (AvgIpc) is 3.48. The zero-order chi connectivity index (χ0) is 23.8. The Balaban J connectivity index is 1.71. The summed E-state index contributed by atoms with van der Waals surface area (Å²) in [5, 5.41) is 5.03. The van der Waals surface area contributed by atoms with Gasteiger partial charge in [-0.05, 0) is 35.7 Å². The second-order valence-corrected chi connectivity index (χ2v) is 9.19. The molecule has 4 heteroatoms. The summed E-state index contributed by atoms with van der Waals surface area (Å²) < 4.78 is 4.12. The summed E-state index contributed by atoms with van der Waals surface area (Å²) in [5.41, 5.74) is 5.89. The molecule has 0 spiro atoms. The Bertz CT molecular complexity index is 2160. The maximum Gasteiger partial charge on any atom is 0.264 e. The fourth-order valence-corrected chi connectivity index (χ4v) is 5.79. The number of fused-ring (bicyclic) bond motifs is 6. The van der Waals surface area contributed by atoms with Crippen molar-refractivity contribution in [2.75, 3.05) is 0 Å². The molecule has 0 aliphatic heterocycles. The molecule has 3 aromatic heterocycles. The van der Waals surface area contributed by atoms with Crippen molar-refractivity contribution >= 4 is 49.0 Å². The van der Waals surface area contributed by atoms with E-state index < -0.39 is 0 Å². The first-order valence-electron chi connectivity index (χ1n) is 12.0. The van der Waals surface area contributed by atoms with Gasteiger partial charge in [-0.1, -0.05) is 84.9 Å². The molecule has 0 atom stereocenters. The average molecular weight is 462 g/mol. The maximum atomic E-state index is 13.9. The van der Waals surface area contributed by atoms with Crippen LogP contribution in [0.3, 0.4) is 0 Å². The van der Waals surface area contributed by atoms with Gasteiger partial charge in [-0.3, -0.25) is 9.20 Å². The number of hydrogen-bond donors (Lipinski definition) is 0. The first-order valence-corrected chi connectivity index (χ1v) is 12.0. The number of benzene rings is 5. The van der Waals surface area contributed by atoms with Crippen LogP contribution in [0.5, 0.6) is 0 Å². The molecule has 36 heavy (non-hydrogen) atoms. The summed E-state index contributed by atoms with van der Waals surface area (Å²) in [5.74, 6) is 0.676. The van der Waals surface area contributed by atoms with Crippen molar-refractivity contribution in [1.29, 1.82) is 0 Å². The van der Waals surface area contributed by atoms with E-state index in [9.17, 15) is 4.79 Å². The molecule has 0 unspecified atom stereocenters. The van der Waals surface area contributed by atoms with Gasteiger partial charge in [-0.15, -0.1) is 0 Å². The van der Waals surface area contributed by atoms with Gasteiger partial charge in [-0.25, -0.2) is 4.98 Å². The molecular weight excluding hydrogens is 442 g/mol. The van der Waals surface area contributed by atoms with Crippen molar-refractivity contribution in [2.45, 2.75) is 0 Å². The lowest BCUT2D eigenvalue weighted by molar-refractivity contribution is 1.13. The molecule has 4 nitrogen and oxygen atoms in total. The highest BCUT2D eigenvalue weighted by Crippen LogP contribution is 2.42. The number of hydrogen-bond acceptors (Lipinski definition) is 2. The zero-order valence-corrected chi connectivity index (χ0v) is 19.2. The van der Waals surface area contributed by atoms with Crippen molar-refractivity contribution in [1.82, 2.24) is 14.0 Å². The Morgan fingerprint density at radius 1 is 0.583 bits per heavy atom. The highest BCUT2D eigenvalue weighted by atomic mass is 16.1.